The third-order valence-electron chi connectivity index (χ3n) is 5.51. The molecule has 0 spiro atoms. The van der Waals surface area contributed by atoms with Crippen LogP contribution in [0.3, 0.4) is 0 Å². The van der Waals surface area contributed by atoms with Crippen LogP contribution in [-0.2, 0) is 12.0 Å². The van der Waals surface area contributed by atoms with E-state index < -0.39 is 0 Å². The first-order chi connectivity index (χ1) is 12.5. The fraction of sp³-hybridized carbons (Fsp3) is 0.526. The molecule has 1 saturated carbocycles. The number of hydrogen-bond donors (Lipinski definition) is 1. The van der Waals surface area contributed by atoms with Gasteiger partial charge in [-0.05, 0) is 48.8 Å². The van der Waals surface area contributed by atoms with Crippen molar-refractivity contribution in [2.75, 3.05) is 13.1 Å². The predicted molar refractivity (Wildman–Crippen MR) is 98.1 cm³/mol. The quantitative estimate of drug-likeness (QED) is 0.881. The van der Waals surface area contributed by atoms with Crippen LogP contribution in [0.5, 0.6) is 0 Å². The number of rotatable bonds is 4. The van der Waals surface area contributed by atoms with Crippen LogP contribution in [0.15, 0.2) is 28.8 Å². The number of amides is 2. The molecule has 2 aliphatic rings. The van der Waals surface area contributed by atoms with Gasteiger partial charge in [0, 0.05) is 24.0 Å². The van der Waals surface area contributed by atoms with Crippen molar-refractivity contribution in [1.29, 1.82) is 0 Å². The summed E-state index contributed by atoms with van der Waals surface area (Å²) in [6.45, 7) is 3.98. The van der Waals surface area contributed by atoms with E-state index in [0.29, 0.717) is 11.8 Å². The molecule has 2 heterocycles. The van der Waals surface area contributed by atoms with Gasteiger partial charge in [-0.15, -0.1) is 0 Å². The summed E-state index contributed by atoms with van der Waals surface area (Å²) in [5, 5.41) is 7.61. The van der Waals surface area contributed by atoms with Crippen molar-refractivity contribution in [2.24, 2.45) is 0 Å². The van der Waals surface area contributed by atoms with E-state index in [0.717, 1.165) is 49.6 Å². The Morgan fingerprint density at radius 1 is 1.31 bits per heavy atom. The Kier molecular flexibility index (Phi) is 4.61. The number of urea groups is 1. The number of carbonyl (C=O) groups is 1. The monoisotopic (exact) mass is 374 g/mol. The first-order valence-corrected chi connectivity index (χ1v) is 9.53. The molecule has 26 heavy (non-hydrogen) atoms. The molecule has 0 bridgehead atoms. The fourth-order valence-corrected chi connectivity index (χ4v) is 3.58. The van der Waals surface area contributed by atoms with E-state index in [4.69, 9.17) is 16.1 Å². The molecule has 2 fully saturated rings. The topological polar surface area (TPSA) is 71.3 Å². The molecule has 1 aromatic carbocycles. The lowest BCUT2D eigenvalue weighted by atomic mass is 9.74. The van der Waals surface area contributed by atoms with Gasteiger partial charge < -0.3 is 14.7 Å². The maximum atomic E-state index is 12.4. The lowest BCUT2D eigenvalue weighted by Crippen LogP contribution is -2.47. The van der Waals surface area contributed by atoms with Crippen molar-refractivity contribution in [3.8, 4) is 0 Å². The van der Waals surface area contributed by atoms with E-state index in [1.807, 2.05) is 17.0 Å². The first-order valence-electron chi connectivity index (χ1n) is 9.15. The largest absolute Gasteiger partial charge is 0.337 e. The maximum absolute atomic E-state index is 12.4. The van der Waals surface area contributed by atoms with Crippen molar-refractivity contribution >= 4 is 17.6 Å². The normalized spacial score (nSPS) is 19.4. The molecule has 1 aliphatic heterocycles. The van der Waals surface area contributed by atoms with Crippen molar-refractivity contribution in [3.63, 3.8) is 0 Å². The van der Waals surface area contributed by atoms with Crippen LogP contribution in [0.2, 0.25) is 5.02 Å². The second kappa shape index (κ2) is 6.91. The fourth-order valence-electron chi connectivity index (χ4n) is 3.45. The van der Waals surface area contributed by atoms with E-state index in [-0.39, 0.29) is 18.0 Å². The Labute approximate surface area is 157 Å². The molecule has 1 saturated heterocycles. The zero-order valence-electron chi connectivity index (χ0n) is 14.9. The molecule has 0 unspecified atom stereocenters. The second-order valence-corrected chi connectivity index (χ2v) is 7.97. The molecular weight excluding hydrogens is 352 g/mol. The molecule has 0 atom stereocenters. The summed E-state index contributed by atoms with van der Waals surface area (Å²) < 4.78 is 5.20. The van der Waals surface area contributed by atoms with E-state index in [9.17, 15) is 4.79 Å². The van der Waals surface area contributed by atoms with E-state index in [2.05, 4.69) is 34.5 Å². The molecule has 4 rings (SSSR count). The highest BCUT2D eigenvalue weighted by Crippen LogP contribution is 2.38. The summed E-state index contributed by atoms with van der Waals surface area (Å²) in [5.74, 6) is 1.70. The van der Waals surface area contributed by atoms with Crippen molar-refractivity contribution in [2.45, 2.75) is 50.5 Å². The molecule has 1 aliphatic carbocycles. The minimum Gasteiger partial charge on any atom is -0.337 e. The number of nitrogens with one attached hydrogen (secondary N) is 1. The number of likely N-dealkylation sites (tertiary alicyclic amines) is 1. The number of hydrogen-bond acceptors (Lipinski definition) is 4. The van der Waals surface area contributed by atoms with E-state index >= 15 is 0 Å². The van der Waals surface area contributed by atoms with Crippen LogP contribution in [0.4, 0.5) is 4.79 Å². The van der Waals surface area contributed by atoms with Crippen LogP contribution < -0.4 is 5.32 Å². The SMILES string of the molecule is CC1(c2ccc(Cl)cc2)CCN(C(=O)NCc2nc(C3CC3)no2)CC1. The van der Waals surface area contributed by atoms with Crippen molar-refractivity contribution < 1.29 is 9.32 Å². The molecule has 1 aromatic heterocycles. The number of aromatic nitrogens is 2. The summed E-state index contributed by atoms with van der Waals surface area (Å²) >= 11 is 5.99. The van der Waals surface area contributed by atoms with Gasteiger partial charge in [-0.1, -0.05) is 35.8 Å². The first kappa shape index (κ1) is 17.3. The van der Waals surface area contributed by atoms with Gasteiger partial charge in [0.05, 0.1) is 6.54 Å². The summed E-state index contributed by atoms with van der Waals surface area (Å²) in [6.07, 6.45) is 4.11. The summed E-state index contributed by atoms with van der Waals surface area (Å²) in [5.41, 5.74) is 1.35. The Morgan fingerprint density at radius 2 is 2.00 bits per heavy atom. The zero-order chi connectivity index (χ0) is 18.1. The van der Waals surface area contributed by atoms with Gasteiger partial charge in [-0.2, -0.15) is 4.98 Å². The highest BCUT2D eigenvalue weighted by Gasteiger charge is 2.33. The smallest absolute Gasteiger partial charge is 0.317 e. The Morgan fingerprint density at radius 3 is 2.65 bits per heavy atom. The van der Waals surface area contributed by atoms with Crippen molar-refractivity contribution in [1.82, 2.24) is 20.4 Å². The molecule has 1 N–H and O–H groups in total. The number of halogens is 1. The van der Waals surface area contributed by atoms with E-state index in [1.165, 1.54) is 5.56 Å². The minimum absolute atomic E-state index is 0.0747. The zero-order valence-corrected chi connectivity index (χ0v) is 15.6. The van der Waals surface area contributed by atoms with Crippen LogP contribution in [0.1, 0.15) is 55.8 Å². The molecule has 2 aromatic rings. The molecule has 2 amide bonds. The standard InChI is InChI=1S/C19H23ClN4O2/c1-19(14-4-6-15(20)7-5-14)8-10-24(11-9-19)18(25)21-12-16-22-17(23-26-16)13-2-3-13/h4-7,13H,2-3,8-12H2,1H3,(H,21,25). The van der Waals surface area contributed by atoms with Gasteiger partial charge in [0.25, 0.3) is 0 Å². The molecule has 7 heteroatoms. The van der Waals surface area contributed by atoms with Crippen molar-refractivity contribution in [3.05, 3.63) is 46.6 Å². The van der Waals surface area contributed by atoms with Crippen LogP contribution in [-0.4, -0.2) is 34.2 Å². The summed E-state index contributed by atoms with van der Waals surface area (Å²) in [4.78, 5) is 18.6. The maximum Gasteiger partial charge on any atom is 0.317 e. The third-order valence-corrected chi connectivity index (χ3v) is 5.76. The molecule has 138 valence electrons. The number of benzene rings is 1. The lowest BCUT2D eigenvalue weighted by Gasteiger charge is -2.39. The van der Waals surface area contributed by atoms with Gasteiger partial charge in [0.1, 0.15) is 0 Å². The second-order valence-electron chi connectivity index (χ2n) is 7.53. The summed E-state index contributed by atoms with van der Waals surface area (Å²) in [7, 11) is 0. The van der Waals surface area contributed by atoms with Gasteiger partial charge >= 0.3 is 6.03 Å². The average Bonchev–Trinajstić information content (AvgIpc) is 3.39. The van der Waals surface area contributed by atoms with Crippen LogP contribution in [0, 0.1) is 0 Å². The Hall–Kier alpha value is -2.08. The highest BCUT2D eigenvalue weighted by atomic mass is 35.5. The third kappa shape index (κ3) is 3.70. The number of nitrogens with zero attached hydrogens (tertiary/aromatic N) is 3. The average molecular weight is 375 g/mol. The van der Waals surface area contributed by atoms with Crippen LogP contribution >= 0.6 is 11.6 Å². The molecule has 6 nitrogen and oxygen atoms in total. The van der Waals surface area contributed by atoms with E-state index in [1.54, 1.807) is 0 Å². The Bertz CT molecular complexity index is 777. The van der Waals surface area contributed by atoms with Crippen LogP contribution in [0.25, 0.3) is 0 Å². The number of piperidine rings is 1. The van der Waals surface area contributed by atoms with Gasteiger partial charge in [0.2, 0.25) is 5.89 Å². The highest BCUT2D eigenvalue weighted by molar-refractivity contribution is 6.30. The van der Waals surface area contributed by atoms with Gasteiger partial charge in [-0.25, -0.2) is 4.79 Å². The van der Waals surface area contributed by atoms with Gasteiger partial charge in [-0.3, -0.25) is 0 Å². The lowest BCUT2D eigenvalue weighted by molar-refractivity contribution is 0.161. The molecular formula is C19H23ClN4O2. The molecule has 0 radical (unpaired) electrons. The summed E-state index contributed by atoms with van der Waals surface area (Å²) in [6, 6.07) is 7.97. The minimum atomic E-state index is -0.0747. The van der Waals surface area contributed by atoms with Gasteiger partial charge in [0.15, 0.2) is 5.82 Å². The predicted octanol–water partition coefficient (Wildman–Crippen LogP) is 3.86. The Balaban J connectivity index is 1.29. The number of carbonyl (C=O) groups excluding carboxylic acids is 1.